The predicted octanol–water partition coefficient (Wildman–Crippen LogP) is 0.600. The molecule has 4 nitrogen and oxygen atoms in total. The molecule has 2 unspecified atom stereocenters. The van der Waals surface area contributed by atoms with Gasteiger partial charge in [0.1, 0.15) is 6.04 Å². The molecule has 0 heterocycles. The van der Waals surface area contributed by atoms with Crippen LogP contribution < -0.4 is 5.32 Å². The number of hydrogen-bond donors (Lipinski definition) is 3. The number of carboxylic acid groups (broad SMARTS) is 1. The molecular weight excluding hydrogens is 182 g/mol. The normalized spacial score (nSPS) is 20.4. The minimum absolute atomic E-state index is 0.170. The SMILES string of the molecule is CC(CCCO)NC(C(=O)O)C1CC1. The van der Waals surface area contributed by atoms with Gasteiger partial charge in [-0.1, -0.05) is 0 Å². The Morgan fingerprint density at radius 2 is 2.21 bits per heavy atom. The Kier molecular flexibility index (Phi) is 4.35. The Balaban J connectivity index is 2.27. The van der Waals surface area contributed by atoms with E-state index in [1.54, 1.807) is 0 Å². The Morgan fingerprint density at radius 3 is 2.64 bits per heavy atom. The van der Waals surface area contributed by atoms with Crippen LogP contribution in [-0.2, 0) is 4.79 Å². The van der Waals surface area contributed by atoms with Gasteiger partial charge in [0.15, 0.2) is 0 Å². The van der Waals surface area contributed by atoms with Crippen molar-refractivity contribution < 1.29 is 15.0 Å². The van der Waals surface area contributed by atoms with E-state index in [0.717, 1.165) is 25.7 Å². The fraction of sp³-hybridized carbons (Fsp3) is 0.900. The van der Waals surface area contributed by atoms with Crippen LogP contribution in [0.3, 0.4) is 0 Å². The molecule has 1 rings (SSSR count). The molecule has 0 amide bonds. The standard InChI is InChI=1S/C10H19NO3/c1-7(3-2-6-12)11-9(10(13)14)8-4-5-8/h7-9,11-12H,2-6H2,1H3,(H,13,14). The van der Waals surface area contributed by atoms with E-state index in [9.17, 15) is 4.79 Å². The maximum atomic E-state index is 10.9. The van der Waals surface area contributed by atoms with Crippen LogP contribution in [0, 0.1) is 5.92 Å². The smallest absolute Gasteiger partial charge is 0.320 e. The lowest BCUT2D eigenvalue weighted by atomic mass is 10.1. The number of aliphatic carboxylic acids is 1. The van der Waals surface area contributed by atoms with E-state index in [-0.39, 0.29) is 18.7 Å². The maximum absolute atomic E-state index is 10.9. The van der Waals surface area contributed by atoms with Gasteiger partial charge in [0.25, 0.3) is 0 Å². The number of carbonyl (C=O) groups is 1. The van der Waals surface area contributed by atoms with E-state index < -0.39 is 5.97 Å². The summed E-state index contributed by atoms with van der Waals surface area (Å²) in [5.41, 5.74) is 0. The summed E-state index contributed by atoms with van der Waals surface area (Å²) in [6.07, 6.45) is 3.60. The van der Waals surface area contributed by atoms with Crippen molar-refractivity contribution in [3.05, 3.63) is 0 Å². The van der Waals surface area contributed by atoms with E-state index in [4.69, 9.17) is 10.2 Å². The number of nitrogens with one attached hydrogen (secondary N) is 1. The molecule has 82 valence electrons. The molecule has 4 heteroatoms. The van der Waals surface area contributed by atoms with Crippen LogP contribution in [-0.4, -0.2) is 34.9 Å². The molecule has 1 aliphatic rings. The van der Waals surface area contributed by atoms with Crippen LogP contribution in [0.4, 0.5) is 0 Å². The largest absolute Gasteiger partial charge is 0.480 e. The van der Waals surface area contributed by atoms with Gasteiger partial charge in [-0.2, -0.15) is 0 Å². The molecule has 0 aromatic heterocycles. The molecule has 2 atom stereocenters. The Morgan fingerprint density at radius 1 is 1.57 bits per heavy atom. The number of hydrogen-bond acceptors (Lipinski definition) is 3. The van der Waals surface area contributed by atoms with Crippen molar-refractivity contribution in [1.29, 1.82) is 0 Å². The second-order valence-corrected chi connectivity index (χ2v) is 4.09. The molecule has 0 aromatic rings. The average Bonchev–Trinajstić information content (AvgIpc) is 2.93. The van der Waals surface area contributed by atoms with Gasteiger partial charge in [0.2, 0.25) is 0 Å². The Hall–Kier alpha value is -0.610. The molecule has 0 radical (unpaired) electrons. The van der Waals surface area contributed by atoms with Gasteiger partial charge in [-0.25, -0.2) is 0 Å². The summed E-state index contributed by atoms with van der Waals surface area (Å²) in [5.74, 6) is -0.424. The van der Waals surface area contributed by atoms with Crippen LogP contribution in [0.2, 0.25) is 0 Å². The Labute approximate surface area is 84.3 Å². The van der Waals surface area contributed by atoms with E-state index in [1.807, 2.05) is 6.92 Å². The van der Waals surface area contributed by atoms with E-state index in [1.165, 1.54) is 0 Å². The monoisotopic (exact) mass is 201 g/mol. The van der Waals surface area contributed by atoms with E-state index >= 15 is 0 Å². The van der Waals surface area contributed by atoms with Gasteiger partial charge in [-0.15, -0.1) is 0 Å². The second kappa shape index (κ2) is 5.32. The van der Waals surface area contributed by atoms with Crippen molar-refractivity contribution in [2.75, 3.05) is 6.61 Å². The summed E-state index contributed by atoms with van der Waals surface area (Å²) < 4.78 is 0. The van der Waals surface area contributed by atoms with Gasteiger partial charge < -0.3 is 15.5 Å². The first-order chi connectivity index (χ1) is 6.65. The fourth-order valence-corrected chi connectivity index (χ4v) is 1.63. The lowest BCUT2D eigenvalue weighted by Crippen LogP contribution is -2.43. The zero-order valence-electron chi connectivity index (χ0n) is 8.57. The lowest BCUT2D eigenvalue weighted by molar-refractivity contribution is -0.140. The molecule has 0 bridgehead atoms. The molecule has 1 fully saturated rings. The van der Waals surface area contributed by atoms with Crippen LogP contribution in [0.15, 0.2) is 0 Å². The van der Waals surface area contributed by atoms with Crippen molar-refractivity contribution >= 4 is 5.97 Å². The highest BCUT2D eigenvalue weighted by molar-refractivity contribution is 5.74. The molecule has 1 saturated carbocycles. The minimum atomic E-state index is -0.747. The highest BCUT2D eigenvalue weighted by Gasteiger charge is 2.36. The van der Waals surface area contributed by atoms with Crippen molar-refractivity contribution in [1.82, 2.24) is 5.32 Å². The first-order valence-corrected chi connectivity index (χ1v) is 5.25. The van der Waals surface area contributed by atoms with Crippen LogP contribution >= 0.6 is 0 Å². The number of aliphatic hydroxyl groups excluding tert-OH is 1. The first-order valence-electron chi connectivity index (χ1n) is 5.25. The third-order valence-corrected chi connectivity index (χ3v) is 2.62. The number of rotatable bonds is 7. The molecular formula is C10H19NO3. The van der Waals surface area contributed by atoms with Crippen LogP contribution in [0.1, 0.15) is 32.6 Å². The van der Waals surface area contributed by atoms with Crippen molar-refractivity contribution in [3.63, 3.8) is 0 Å². The fourth-order valence-electron chi connectivity index (χ4n) is 1.63. The molecule has 14 heavy (non-hydrogen) atoms. The summed E-state index contributed by atoms with van der Waals surface area (Å²) in [5, 5.41) is 20.7. The van der Waals surface area contributed by atoms with Gasteiger partial charge in [-0.3, -0.25) is 4.79 Å². The molecule has 0 aromatic carbocycles. The zero-order chi connectivity index (χ0) is 10.6. The first kappa shape index (κ1) is 11.5. The van der Waals surface area contributed by atoms with Crippen molar-refractivity contribution in [2.24, 2.45) is 5.92 Å². The van der Waals surface area contributed by atoms with Crippen molar-refractivity contribution in [3.8, 4) is 0 Å². The summed E-state index contributed by atoms with van der Waals surface area (Å²) in [7, 11) is 0. The highest BCUT2D eigenvalue weighted by atomic mass is 16.4. The maximum Gasteiger partial charge on any atom is 0.320 e. The van der Waals surface area contributed by atoms with E-state index in [2.05, 4.69) is 5.32 Å². The quantitative estimate of drug-likeness (QED) is 0.564. The Bertz CT molecular complexity index is 192. The van der Waals surface area contributed by atoms with Gasteiger partial charge in [-0.05, 0) is 38.5 Å². The van der Waals surface area contributed by atoms with Gasteiger partial charge in [0, 0.05) is 12.6 Å². The average molecular weight is 201 g/mol. The number of carboxylic acids is 1. The number of aliphatic hydroxyl groups is 1. The highest BCUT2D eigenvalue weighted by Crippen LogP contribution is 2.33. The summed E-state index contributed by atoms with van der Waals surface area (Å²) >= 11 is 0. The molecule has 1 aliphatic carbocycles. The molecule has 3 N–H and O–H groups in total. The summed E-state index contributed by atoms with van der Waals surface area (Å²) in [6, 6.07) is -0.215. The van der Waals surface area contributed by atoms with E-state index in [0.29, 0.717) is 5.92 Å². The van der Waals surface area contributed by atoms with Crippen LogP contribution in [0.25, 0.3) is 0 Å². The molecule has 0 saturated heterocycles. The summed E-state index contributed by atoms with van der Waals surface area (Å²) in [6.45, 7) is 2.14. The topological polar surface area (TPSA) is 69.6 Å². The third-order valence-electron chi connectivity index (χ3n) is 2.62. The summed E-state index contributed by atoms with van der Waals surface area (Å²) in [4.78, 5) is 10.9. The molecule has 0 spiro atoms. The van der Waals surface area contributed by atoms with Crippen molar-refractivity contribution in [2.45, 2.75) is 44.7 Å². The third kappa shape index (κ3) is 3.64. The minimum Gasteiger partial charge on any atom is -0.480 e. The van der Waals surface area contributed by atoms with Crippen LogP contribution in [0.5, 0.6) is 0 Å². The molecule has 0 aliphatic heterocycles. The predicted molar refractivity (Wildman–Crippen MR) is 53.1 cm³/mol. The lowest BCUT2D eigenvalue weighted by Gasteiger charge is -2.19. The van der Waals surface area contributed by atoms with Gasteiger partial charge >= 0.3 is 5.97 Å². The van der Waals surface area contributed by atoms with Gasteiger partial charge in [0.05, 0.1) is 0 Å². The second-order valence-electron chi connectivity index (χ2n) is 4.09. The zero-order valence-corrected chi connectivity index (χ0v) is 8.57.